The minimum atomic E-state index is 0.112. The van der Waals surface area contributed by atoms with Crippen molar-refractivity contribution in [3.05, 3.63) is 12.1 Å². The first-order valence-electron chi connectivity index (χ1n) is 7.51. The molecule has 0 saturated carbocycles. The van der Waals surface area contributed by atoms with Gasteiger partial charge in [-0.2, -0.15) is 0 Å². The van der Waals surface area contributed by atoms with Crippen molar-refractivity contribution in [1.29, 1.82) is 0 Å². The van der Waals surface area contributed by atoms with Crippen LogP contribution in [0.15, 0.2) is 12.1 Å². The second-order valence-electron chi connectivity index (χ2n) is 5.67. The lowest BCUT2D eigenvalue weighted by Gasteiger charge is -2.31. The van der Waals surface area contributed by atoms with Gasteiger partial charge in [-0.1, -0.05) is 0 Å². The Labute approximate surface area is 123 Å². The minimum Gasteiger partial charge on any atom is -0.454 e. The summed E-state index contributed by atoms with van der Waals surface area (Å²) in [7, 11) is 0. The number of nitrogens with zero attached hydrogens (tertiary/aromatic N) is 2. The lowest BCUT2D eigenvalue weighted by molar-refractivity contribution is -0.117. The Kier molecular flexibility index (Phi) is 3.11. The van der Waals surface area contributed by atoms with Crippen molar-refractivity contribution in [2.75, 3.05) is 49.7 Å². The number of anilines is 2. The number of amides is 1. The first kappa shape index (κ1) is 12.8. The third-order valence-electron chi connectivity index (χ3n) is 4.35. The number of hydrogen-bond donors (Lipinski definition) is 1. The monoisotopic (exact) mass is 289 g/mol. The van der Waals surface area contributed by atoms with Crippen LogP contribution >= 0.6 is 0 Å². The second kappa shape index (κ2) is 5.11. The molecule has 6 nitrogen and oxygen atoms in total. The van der Waals surface area contributed by atoms with Crippen molar-refractivity contribution < 1.29 is 14.3 Å². The zero-order valence-corrected chi connectivity index (χ0v) is 11.9. The van der Waals surface area contributed by atoms with Gasteiger partial charge in [-0.05, 0) is 25.9 Å². The normalized spacial score (nSPS) is 20.6. The molecule has 1 saturated heterocycles. The highest BCUT2D eigenvalue weighted by Crippen LogP contribution is 2.42. The molecule has 1 N–H and O–H groups in total. The Bertz CT molecular complexity index is 570. The molecule has 4 rings (SSSR count). The standard InChI is InChI=1S/C15H19N3O3/c19-15-9-16-11-7-13-14(21-10-20-13)8-12(11)18(15)6-5-17-3-1-2-4-17/h7-8,16H,1-6,9-10H2. The topological polar surface area (TPSA) is 54.0 Å². The molecular weight excluding hydrogens is 270 g/mol. The summed E-state index contributed by atoms with van der Waals surface area (Å²) in [5.74, 6) is 1.58. The highest BCUT2D eigenvalue weighted by atomic mass is 16.7. The lowest BCUT2D eigenvalue weighted by Crippen LogP contribution is -2.43. The molecular formula is C15H19N3O3. The van der Waals surface area contributed by atoms with Crippen molar-refractivity contribution in [3.63, 3.8) is 0 Å². The van der Waals surface area contributed by atoms with Crippen LogP contribution in [0.5, 0.6) is 11.5 Å². The van der Waals surface area contributed by atoms with Crippen molar-refractivity contribution in [2.45, 2.75) is 12.8 Å². The number of fused-ring (bicyclic) bond motifs is 2. The predicted octanol–water partition coefficient (Wildman–Crippen LogP) is 1.27. The molecule has 21 heavy (non-hydrogen) atoms. The zero-order valence-electron chi connectivity index (χ0n) is 11.9. The van der Waals surface area contributed by atoms with Crippen molar-refractivity contribution in [3.8, 4) is 11.5 Å². The summed E-state index contributed by atoms with van der Waals surface area (Å²) in [6, 6.07) is 3.83. The summed E-state index contributed by atoms with van der Waals surface area (Å²) in [6.45, 7) is 4.54. The number of rotatable bonds is 3. The second-order valence-corrected chi connectivity index (χ2v) is 5.67. The van der Waals surface area contributed by atoms with Crippen LogP contribution in [0.4, 0.5) is 11.4 Å². The first-order valence-corrected chi connectivity index (χ1v) is 7.51. The molecule has 112 valence electrons. The van der Waals surface area contributed by atoms with Crippen LogP contribution in [0.1, 0.15) is 12.8 Å². The van der Waals surface area contributed by atoms with Crippen molar-refractivity contribution in [2.24, 2.45) is 0 Å². The van der Waals surface area contributed by atoms with Crippen molar-refractivity contribution in [1.82, 2.24) is 4.90 Å². The number of carbonyl (C=O) groups is 1. The van der Waals surface area contributed by atoms with Crippen LogP contribution in [0, 0.1) is 0 Å². The van der Waals surface area contributed by atoms with Gasteiger partial charge < -0.3 is 24.6 Å². The largest absolute Gasteiger partial charge is 0.454 e. The van der Waals surface area contributed by atoms with E-state index < -0.39 is 0 Å². The van der Waals surface area contributed by atoms with Crippen LogP contribution in [0.2, 0.25) is 0 Å². The summed E-state index contributed by atoms with van der Waals surface area (Å²) < 4.78 is 10.8. The molecule has 1 fully saturated rings. The van der Waals surface area contributed by atoms with Crippen molar-refractivity contribution >= 4 is 17.3 Å². The van der Waals surface area contributed by atoms with Gasteiger partial charge in [-0.3, -0.25) is 4.79 Å². The fourth-order valence-corrected chi connectivity index (χ4v) is 3.19. The van der Waals surface area contributed by atoms with Crippen LogP contribution in [0.25, 0.3) is 0 Å². The van der Waals surface area contributed by atoms with Crippen LogP contribution in [-0.2, 0) is 4.79 Å². The maximum atomic E-state index is 12.2. The molecule has 0 spiro atoms. The summed E-state index contributed by atoms with van der Waals surface area (Å²) >= 11 is 0. The maximum absolute atomic E-state index is 12.2. The lowest BCUT2D eigenvalue weighted by atomic mass is 10.1. The molecule has 0 unspecified atom stereocenters. The van der Waals surface area contributed by atoms with Crippen LogP contribution in [0.3, 0.4) is 0 Å². The van der Waals surface area contributed by atoms with Gasteiger partial charge in [0, 0.05) is 25.2 Å². The van der Waals surface area contributed by atoms with E-state index in [1.165, 1.54) is 12.8 Å². The van der Waals surface area contributed by atoms with E-state index in [0.717, 1.165) is 49.1 Å². The molecule has 0 radical (unpaired) electrons. The van der Waals surface area contributed by atoms with E-state index in [1.54, 1.807) is 0 Å². The predicted molar refractivity (Wildman–Crippen MR) is 79.1 cm³/mol. The Hall–Kier alpha value is -1.95. The summed E-state index contributed by atoms with van der Waals surface area (Å²) in [5, 5.41) is 3.16. The molecule has 3 aliphatic rings. The molecule has 0 aromatic heterocycles. The van der Waals surface area contributed by atoms with Gasteiger partial charge in [-0.15, -0.1) is 0 Å². The Morgan fingerprint density at radius 3 is 2.67 bits per heavy atom. The number of likely N-dealkylation sites (tertiary alicyclic amines) is 1. The number of benzene rings is 1. The third-order valence-corrected chi connectivity index (χ3v) is 4.35. The van der Waals surface area contributed by atoms with Gasteiger partial charge in [0.25, 0.3) is 0 Å². The van der Waals surface area contributed by atoms with E-state index in [9.17, 15) is 4.79 Å². The van der Waals surface area contributed by atoms with E-state index >= 15 is 0 Å². The Morgan fingerprint density at radius 2 is 1.86 bits per heavy atom. The highest BCUT2D eigenvalue weighted by molar-refractivity contribution is 6.03. The third kappa shape index (κ3) is 2.29. The maximum Gasteiger partial charge on any atom is 0.246 e. The summed E-state index contributed by atoms with van der Waals surface area (Å²) in [6.07, 6.45) is 2.54. The van der Waals surface area contributed by atoms with Gasteiger partial charge in [-0.25, -0.2) is 0 Å². The summed E-state index contributed by atoms with van der Waals surface area (Å²) in [4.78, 5) is 16.5. The van der Waals surface area contributed by atoms with Gasteiger partial charge in [0.1, 0.15) is 0 Å². The zero-order chi connectivity index (χ0) is 14.2. The van der Waals surface area contributed by atoms with E-state index in [2.05, 4.69) is 10.2 Å². The highest BCUT2D eigenvalue weighted by Gasteiger charge is 2.28. The van der Waals surface area contributed by atoms with Gasteiger partial charge in [0.2, 0.25) is 12.7 Å². The van der Waals surface area contributed by atoms with E-state index in [4.69, 9.17) is 9.47 Å². The van der Waals surface area contributed by atoms with Gasteiger partial charge in [0.15, 0.2) is 11.5 Å². The average molecular weight is 289 g/mol. The summed E-state index contributed by atoms with van der Waals surface area (Å²) in [5.41, 5.74) is 1.84. The number of nitrogens with one attached hydrogen (secondary N) is 1. The average Bonchev–Trinajstić information content (AvgIpc) is 3.15. The molecule has 6 heteroatoms. The van der Waals surface area contributed by atoms with Gasteiger partial charge in [0.05, 0.1) is 17.9 Å². The quantitative estimate of drug-likeness (QED) is 0.908. The molecule has 3 aliphatic heterocycles. The van der Waals surface area contributed by atoms with Crippen LogP contribution < -0.4 is 19.7 Å². The molecule has 1 aromatic rings. The SMILES string of the molecule is O=C1CNc2cc3c(cc2N1CCN1CCCC1)OCO3. The fraction of sp³-hybridized carbons (Fsp3) is 0.533. The van der Waals surface area contributed by atoms with E-state index in [1.807, 2.05) is 17.0 Å². The smallest absolute Gasteiger partial charge is 0.246 e. The Balaban J connectivity index is 1.57. The number of ether oxygens (including phenoxy) is 2. The molecule has 1 amide bonds. The molecule has 3 heterocycles. The Morgan fingerprint density at radius 1 is 1.10 bits per heavy atom. The van der Waals surface area contributed by atoms with E-state index in [-0.39, 0.29) is 12.7 Å². The molecule has 0 atom stereocenters. The molecule has 0 aliphatic carbocycles. The number of carbonyl (C=O) groups excluding carboxylic acids is 1. The minimum absolute atomic E-state index is 0.112. The van der Waals surface area contributed by atoms with Gasteiger partial charge >= 0.3 is 0 Å². The molecule has 1 aromatic carbocycles. The number of hydrogen-bond acceptors (Lipinski definition) is 5. The molecule has 0 bridgehead atoms. The fourth-order valence-electron chi connectivity index (χ4n) is 3.19. The van der Waals surface area contributed by atoms with Crippen LogP contribution in [-0.4, -0.2) is 50.3 Å². The van der Waals surface area contributed by atoms with E-state index in [0.29, 0.717) is 6.54 Å². The first-order chi connectivity index (χ1) is 10.3.